The summed E-state index contributed by atoms with van der Waals surface area (Å²) < 4.78 is 0. The number of thioether (sulfide) groups is 1. The van der Waals surface area contributed by atoms with Crippen molar-refractivity contribution < 1.29 is 5.11 Å². The van der Waals surface area contributed by atoms with Crippen LogP contribution >= 0.6 is 11.8 Å². The predicted octanol–water partition coefficient (Wildman–Crippen LogP) is 3.94. The second-order valence-electron chi connectivity index (χ2n) is 5.11. The SMILES string of the molecule is OC(CSc1ccccc1)C1CC1c1ccccc1. The monoisotopic (exact) mass is 270 g/mol. The van der Waals surface area contributed by atoms with Gasteiger partial charge in [0.2, 0.25) is 0 Å². The first kappa shape index (κ1) is 12.8. The van der Waals surface area contributed by atoms with Crippen molar-refractivity contribution in [1.29, 1.82) is 0 Å². The Kier molecular flexibility index (Phi) is 3.90. The van der Waals surface area contributed by atoms with Gasteiger partial charge in [0.25, 0.3) is 0 Å². The predicted molar refractivity (Wildman–Crippen MR) is 80.5 cm³/mol. The van der Waals surface area contributed by atoms with Gasteiger partial charge in [-0.05, 0) is 36.0 Å². The molecule has 19 heavy (non-hydrogen) atoms. The molecule has 1 aliphatic carbocycles. The van der Waals surface area contributed by atoms with Crippen molar-refractivity contribution in [2.45, 2.75) is 23.3 Å². The summed E-state index contributed by atoms with van der Waals surface area (Å²) in [7, 11) is 0. The van der Waals surface area contributed by atoms with Crippen molar-refractivity contribution in [2.75, 3.05) is 5.75 Å². The highest BCUT2D eigenvalue weighted by atomic mass is 32.2. The Hall–Kier alpha value is -1.25. The molecule has 3 rings (SSSR count). The van der Waals surface area contributed by atoms with Crippen LogP contribution < -0.4 is 0 Å². The first-order valence-electron chi connectivity index (χ1n) is 6.75. The van der Waals surface area contributed by atoms with Crippen molar-refractivity contribution >= 4 is 11.8 Å². The molecule has 1 aliphatic rings. The van der Waals surface area contributed by atoms with E-state index in [0.29, 0.717) is 11.8 Å². The van der Waals surface area contributed by atoms with Crippen molar-refractivity contribution in [2.24, 2.45) is 5.92 Å². The molecule has 98 valence electrons. The van der Waals surface area contributed by atoms with E-state index >= 15 is 0 Å². The van der Waals surface area contributed by atoms with E-state index in [2.05, 4.69) is 36.4 Å². The Labute approximate surface area is 118 Å². The van der Waals surface area contributed by atoms with E-state index in [1.54, 1.807) is 11.8 Å². The van der Waals surface area contributed by atoms with Gasteiger partial charge in [-0.1, -0.05) is 48.5 Å². The van der Waals surface area contributed by atoms with Crippen LogP contribution in [0.1, 0.15) is 17.9 Å². The maximum atomic E-state index is 10.3. The van der Waals surface area contributed by atoms with Crippen LogP contribution in [-0.2, 0) is 0 Å². The van der Waals surface area contributed by atoms with Crippen LogP contribution in [0.25, 0.3) is 0 Å². The molecule has 0 spiro atoms. The maximum absolute atomic E-state index is 10.3. The maximum Gasteiger partial charge on any atom is 0.0668 e. The van der Waals surface area contributed by atoms with E-state index in [4.69, 9.17) is 0 Å². The van der Waals surface area contributed by atoms with Gasteiger partial charge < -0.3 is 5.11 Å². The van der Waals surface area contributed by atoms with Crippen LogP contribution in [0.5, 0.6) is 0 Å². The fourth-order valence-corrected chi connectivity index (χ4v) is 3.51. The zero-order chi connectivity index (χ0) is 13.1. The number of hydrogen-bond donors (Lipinski definition) is 1. The Morgan fingerprint density at radius 3 is 2.32 bits per heavy atom. The fraction of sp³-hybridized carbons (Fsp3) is 0.294. The third kappa shape index (κ3) is 3.20. The van der Waals surface area contributed by atoms with Crippen molar-refractivity contribution in [3.63, 3.8) is 0 Å². The van der Waals surface area contributed by atoms with Crippen LogP contribution in [0.2, 0.25) is 0 Å². The molecule has 2 heteroatoms. The third-order valence-electron chi connectivity index (χ3n) is 3.73. The summed E-state index contributed by atoms with van der Waals surface area (Å²) >= 11 is 1.74. The molecule has 0 bridgehead atoms. The highest BCUT2D eigenvalue weighted by Gasteiger charge is 2.42. The molecule has 1 nitrogen and oxygen atoms in total. The molecule has 1 saturated carbocycles. The molecule has 0 aliphatic heterocycles. The lowest BCUT2D eigenvalue weighted by molar-refractivity contribution is 0.173. The molecule has 0 heterocycles. The fourth-order valence-electron chi connectivity index (χ4n) is 2.55. The lowest BCUT2D eigenvalue weighted by Gasteiger charge is -2.10. The van der Waals surface area contributed by atoms with Gasteiger partial charge in [0.15, 0.2) is 0 Å². The standard InChI is InChI=1S/C17H18OS/c18-17(12-19-14-9-5-2-6-10-14)16-11-15(16)13-7-3-1-4-8-13/h1-10,15-18H,11-12H2. The topological polar surface area (TPSA) is 20.2 Å². The highest BCUT2D eigenvalue weighted by molar-refractivity contribution is 7.99. The lowest BCUT2D eigenvalue weighted by Crippen LogP contribution is -2.13. The van der Waals surface area contributed by atoms with Crippen molar-refractivity contribution in [1.82, 2.24) is 0 Å². The highest BCUT2D eigenvalue weighted by Crippen LogP contribution is 2.50. The van der Waals surface area contributed by atoms with Gasteiger partial charge >= 0.3 is 0 Å². The summed E-state index contributed by atoms with van der Waals surface area (Å²) in [6, 6.07) is 20.8. The number of aliphatic hydroxyl groups is 1. The summed E-state index contributed by atoms with van der Waals surface area (Å²) in [6.45, 7) is 0. The van der Waals surface area contributed by atoms with Crippen LogP contribution in [0.3, 0.4) is 0 Å². The van der Waals surface area contributed by atoms with E-state index in [0.717, 1.165) is 12.2 Å². The van der Waals surface area contributed by atoms with E-state index in [9.17, 15) is 5.11 Å². The summed E-state index contributed by atoms with van der Waals surface area (Å²) in [5.74, 6) is 1.80. The smallest absolute Gasteiger partial charge is 0.0668 e. The molecule has 1 fully saturated rings. The molecule has 0 radical (unpaired) electrons. The van der Waals surface area contributed by atoms with Gasteiger partial charge in [-0.15, -0.1) is 11.8 Å². The van der Waals surface area contributed by atoms with Gasteiger partial charge in [0.05, 0.1) is 6.10 Å². The summed E-state index contributed by atoms with van der Waals surface area (Å²) in [5.41, 5.74) is 1.37. The second-order valence-corrected chi connectivity index (χ2v) is 6.20. The summed E-state index contributed by atoms with van der Waals surface area (Å²) in [6.07, 6.45) is 0.927. The van der Waals surface area contributed by atoms with Gasteiger partial charge in [-0.3, -0.25) is 0 Å². The quantitative estimate of drug-likeness (QED) is 0.830. The van der Waals surface area contributed by atoms with Crippen LogP contribution in [-0.4, -0.2) is 17.0 Å². The number of hydrogen-bond acceptors (Lipinski definition) is 2. The zero-order valence-corrected chi connectivity index (χ0v) is 11.6. The zero-order valence-electron chi connectivity index (χ0n) is 10.8. The third-order valence-corrected chi connectivity index (χ3v) is 4.84. The van der Waals surface area contributed by atoms with Crippen molar-refractivity contribution in [3.05, 3.63) is 66.2 Å². The molecule has 0 amide bonds. The van der Waals surface area contributed by atoms with E-state index < -0.39 is 0 Å². The van der Waals surface area contributed by atoms with Crippen LogP contribution in [0.15, 0.2) is 65.6 Å². The average molecular weight is 270 g/mol. The van der Waals surface area contributed by atoms with Gasteiger partial charge in [0, 0.05) is 10.6 Å². The Morgan fingerprint density at radius 2 is 1.63 bits per heavy atom. The second kappa shape index (κ2) is 5.81. The van der Waals surface area contributed by atoms with Crippen LogP contribution in [0.4, 0.5) is 0 Å². The normalized spacial score (nSPS) is 23.0. The molecule has 2 aromatic carbocycles. The first-order chi connectivity index (χ1) is 9.34. The summed E-state index contributed by atoms with van der Waals surface area (Å²) in [4.78, 5) is 1.23. The Morgan fingerprint density at radius 1 is 1.00 bits per heavy atom. The Balaban J connectivity index is 1.52. The molecule has 2 aromatic rings. The molecular formula is C17H18OS. The lowest BCUT2D eigenvalue weighted by atomic mass is 10.1. The van der Waals surface area contributed by atoms with E-state index in [1.165, 1.54) is 10.5 Å². The minimum atomic E-state index is -0.199. The van der Waals surface area contributed by atoms with Crippen LogP contribution in [0, 0.1) is 5.92 Å². The number of aliphatic hydroxyl groups excluding tert-OH is 1. The van der Waals surface area contributed by atoms with Gasteiger partial charge in [-0.2, -0.15) is 0 Å². The van der Waals surface area contributed by atoms with Crippen molar-refractivity contribution in [3.8, 4) is 0 Å². The average Bonchev–Trinajstić information content (AvgIpc) is 3.27. The van der Waals surface area contributed by atoms with E-state index in [-0.39, 0.29) is 6.10 Å². The molecule has 1 N–H and O–H groups in total. The van der Waals surface area contributed by atoms with Gasteiger partial charge in [0.1, 0.15) is 0 Å². The Bertz CT molecular complexity index is 511. The first-order valence-corrected chi connectivity index (χ1v) is 7.74. The molecule has 3 atom stereocenters. The molecule has 3 unspecified atom stereocenters. The molecular weight excluding hydrogens is 252 g/mol. The van der Waals surface area contributed by atoms with E-state index in [1.807, 2.05) is 24.3 Å². The number of benzene rings is 2. The summed E-state index contributed by atoms with van der Waals surface area (Å²) in [5, 5.41) is 10.3. The molecule has 0 saturated heterocycles. The largest absolute Gasteiger partial charge is 0.392 e. The molecule has 0 aromatic heterocycles. The van der Waals surface area contributed by atoms with Gasteiger partial charge in [-0.25, -0.2) is 0 Å². The number of rotatable bonds is 5. The minimum absolute atomic E-state index is 0.199. The minimum Gasteiger partial charge on any atom is -0.392 e.